The summed E-state index contributed by atoms with van der Waals surface area (Å²) in [7, 11) is 0. The predicted octanol–water partition coefficient (Wildman–Crippen LogP) is 3.80. The van der Waals surface area contributed by atoms with Crippen LogP contribution in [-0.2, 0) is 16.1 Å². The molecule has 2 unspecified atom stereocenters. The molecule has 0 N–H and O–H groups in total. The van der Waals surface area contributed by atoms with Crippen LogP contribution in [0, 0.1) is 23.2 Å². The molecule has 1 aromatic carbocycles. The normalized spacial score (nSPS) is 24.7. The second kappa shape index (κ2) is 9.16. The number of hydrogen-bond donors (Lipinski definition) is 0. The highest BCUT2D eigenvalue weighted by Crippen LogP contribution is 2.35. The summed E-state index contributed by atoms with van der Waals surface area (Å²) in [5, 5.41) is 9.62. The van der Waals surface area contributed by atoms with E-state index in [0.29, 0.717) is 18.7 Å². The van der Waals surface area contributed by atoms with Crippen molar-refractivity contribution in [2.24, 2.45) is 11.8 Å². The minimum atomic E-state index is -0.270. The van der Waals surface area contributed by atoms with Crippen molar-refractivity contribution in [3.8, 4) is 6.07 Å². The lowest BCUT2D eigenvalue weighted by molar-refractivity contribution is -0.148. The van der Waals surface area contributed by atoms with E-state index in [9.17, 15) is 10.1 Å². The van der Waals surface area contributed by atoms with Crippen molar-refractivity contribution in [3.63, 3.8) is 0 Å². The maximum atomic E-state index is 12.6. The number of carbonyl (C=O) groups is 1. The van der Waals surface area contributed by atoms with Crippen LogP contribution in [0.4, 0.5) is 0 Å². The van der Waals surface area contributed by atoms with Gasteiger partial charge in [0, 0.05) is 25.6 Å². The number of hydrogen-bond acceptors (Lipinski definition) is 4. The molecule has 1 aliphatic heterocycles. The first kappa shape index (κ1) is 18.9. The molecule has 4 nitrogen and oxygen atoms in total. The van der Waals surface area contributed by atoms with E-state index in [2.05, 4.69) is 23.1 Å². The highest BCUT2D eigenvalue weighted by Gasteiger charge is 2.41. The van der Waals surface area contributed by atoms with Crippen LogP contribution in [-0.4, -0.2) is 30.6 Å². The summed E-state index contributed by atoms with van der Waals surface area (Å²) in [6, 6.07) is 12.5. The fourth-order valence-corrected chi connectivity index (χ4v) is 3.71. The second-order valence-electron chi connectivity index (χ2n) is 6.73. The highest BCUT2D eigenvalue weighted by molar-refractivity contribution is 5.75. The molecule has 2 aliphatic rings. The van der Waals surface area contributed by atoms with E-state index in [1.54, 1.807) is 0 Å². The van der Waals surface area contributed by atoms with Gasteiger partial charge in [0.2, 0.25) is 0 Å². The van der Waals surface area contributed by atoms with Gasteiger partial charge in [-0.2, -0.15) is 5.26 Å². The first-order chi connectivity index (χ1) is 13.2. The predicted molar refractivity (Wildman–Crippen MR) is 105 cm³/mol. The van der Waals surface area contributed by atoms with Crippen LogP contribution in [0.2, 0.25) is 0 Å². The molecule has 3 rings (SSSR count). The lowest BCUT2D eigenvalue weighted by Gasteiger charge is -2.20. The maximum Gasteiger partial charge on any atom is 0.310 e. The van der Waals surface area contributed by atoms with E-state index < -0.39 is 0 Å². The van der Waals surface area contributed by atoms with Crippen LogP contribution in [0.3, 0.4) is 0 Å². The maximum absolute atomic E-state index is 12.6. The minimum Gasteiger partial charge on any atom is -0.466 e. The van der Waals surface area contributed by atoms with Gasteiger partial charge in [0.1, 0.15) is 0 Å². The standard InChI is InChI=1S/C23H24N2O2/c1-2-27-23(26)22-17-25(15-18-10-6-5-7-11-18)16-21(22)20-13-9-4-3-8-12-19(20)14-24/h3-13,21-22H,2,15-17H2,1H3/b4-3?,8-3-,9-4-,12-8?,13-9?,19-12?,20-13?,20-19?. The van der Waals surface area contributed by atoms with Crippen LogP contribution in [0.25, 0.3) is 0 Å². The first-order valence-corrected chi connectivity index (χ1v) is 9.31. The SMILES string of the molecule is CCOC(=O)C1CN(Cc2ccccc2)CC1C1=C/C=C\C=C/C=C1C#N. The van der Waals surface area contributed by atoms with Crippen LogP contribution < -0.4 is 0 Å². The van der Waals surface area contributed by atoms with Gasteiger partial charge in [-0.05, 0) is 24.1 Å². The quantitative estimate of drug-likeness (QED) is 0.750. The summed E-state index contributed by atoms with van der Waals surface area (Å²) in [4.78, 5) is 14.9. The third-order valence-corrected chi connectivity index (χ3v) is 4.94. The molecule has 138 valence electrons. The average Bonchev–Trinajstić information content (AvgIpc) is 3.06. The number of nitrogens with zero attached hydrogens (tertiary/aromatic N) is 2. The molecule has 0 amide bonds. The summed E-state index contributed by atoms with van der Waals surface area (Å²) in [6.07, 6.45) is 11.4. The molecule has 1 heterocycles. The average molecular weight is 360 g/mol. The number of ether oxygens (including phenoxy) is 1. The Kier molecular flexibility index (Phi) is 6.40. The molecule has 0 aromatic heterocycles. The Morgan fingerprint density at radius 2 is 1.89 bits per heavy atom. The van der Waals surface area contributed by atoms with Crippen LogP contribution in [0.15, 0.2) is 77.9 Å². The molecule has 1 aromatic rings. The molecule has 1 aliphatic carbocycles. The van der Waals surface area contributed by atoms with Gasteiger partial charge in [-0.3, -0.25) is 9.69 Å². The Bertz CT molecular complexity index is 828. The monoisotopic (exact) mass is 360 g/mol. The van der Waals surface area contributed by atoms with Gasteiger partial charge in [0.25, 0.3) is 0 Å². The number of carbonyl (C=O) groups excluding carboxylic acids is 1. The summed E-state index contributed by atoms with van der Waals surface area (Å²) < 4.78 is 5.34. The third kappa shape index (κ3) is 4.64. The summed E-state index contributed by atoms with van der Waals surface area (Å²) in [6.45, 7) is 4.33. The van der Waals surface area contributed by atoms with Gasteiger partial charge >= 0.3 is 5.97 Å². The van der Waals surface area contributed by atoms with Crippen LogP contribution in [0.1, 0.15) is 12.5 Å². The molecule has 0 radical (unpaired) electrons. The summed E-state index contributed by atoms with van der Waals surface area (Å²) in [5.41, 5.74) is 2.73. The topological polar surface area (TPSA) is 53.3 Å². The lowest BCUT2D eigenvalue weighted by Crippen LogP contribution is -2.27. The van der Waals surface area contributed by atoms with Crippen LogP contribution in [0.5, 0.6) is 0 Å². The Morgan fingerprint density at radius 3 is 2.59 bits per heavy atom. The minimum absolute atomic E-state index is 0.0604. The van der Waals surface area contributed by atoms with Gasteiger partial charge < -0.3 is 4.74 Å². The summed E-state index contributed by atoms with van der Waals surface area (Å²) >= 11 is 0. The fourth-order valence-electron chi connectivity index (χ4n) is 3.71. The zero-order chi connectivity index (χ0) is 19.1. The van der Waals surface area contributed by atoms with Crippen molar-refractivity contribution >= 4 is 5.97 Å². The lowest BCUT2D eigenvalue weighted by atomic mass is 9.84. The zero-order valence-corrected chi connectivity index (χ0v) is 15.5. The number of esters is 1. The molecule has 0 bridgehead atoms. The van der Waals surface area contributed by atoms with E-state index in [-0.39, 0.29) is 17.8 Å². The number of allylic oxidation sites excluding steroid dienone is 7. The number of likely N-dealkylation sites (tertiary alicyclic amines) is 1. The Morgan fingerprint density at radius 1 is 1.15 bits per heavy atom. The van der Waals surface area contributed by atoms with Crippen molar-refractivity contribution in [2.45, 2.75) is 13.5 Å². The smallest absolute Gasteiger partial charge is 0.310 e. The molecule has 0 spiro atoms. The number of nitriles is 1. The Hall–Kier alpha value is -2.90. The zero-order valence-electron chi connectivity index (χ0n) is 15.5. The van der Waals surface area contributed by atoms with Crippen LogP contribution >= 0.6 is 0 Å². The van der Waals surface area contributed by atoms with Crippen molar-refractivity contribution in [1.82, 2.24) is 4.90 Å². The largest absolute Gasteiger partial charge is 0.466 e. The summed E-state index contributed by atoms with van der Waals surface area (Å²) in [5.74, 6) is -0.513. The van der Waals surface area contributed by atoms with Crippen molar-refractivity contribution in [2.75, 3.05) is 19.7 Å². The molecule has 1 saturated heterocycles. The Balaban J connectivity index is 1.87. The van der Waals surface area contributed by atoms with Gasteiger partial charge in [0.15, 0.2) is 0 Å². The molecular weight excluding hydrogens is 336 g/mol. The van der Waals surface area contributed by atoms with Gasteiger partial charge in [-0.25, -0.2) is 0 Å². The van der Waals surface area contributed by atoms with Gasteiger partial charge in [-0.15, -0.1) is 0 Å². The second-order valence-corrected chi connectivity index (χ2v) is 6.73. The van der Waals surface area contributed by atoms with E-state index >= 15 is 0 Å². The first-order valence-electron chi connectivity index (χ1n) is 9.31. The fraction of sp³-hybridized carbons (Fsp3) is 0.304. The van der Waals surface area contributed by atoms with Crippen molar-refractivity contribution < 1.29 is 9.53 Å². The molecule has 27 heavy (non-hydrogen) atoms. The van der Waals surface area contributed by atoms with E-state index in [4.69, 9.17) is 4.74 Å². The highest BCUT2D eigenvalue weighted by atomic mass is 16.5. The van der Waals surface area contributed by atoms with Crippen molar-refractivity contribution in [1.29, 1.82) is 5.26 Å². The molecular formula is C23H24N2O2. The van der Waals surface area contributed by atoms with E-state index in [1.165, 1.54) is 5.56 Å². The number of rotatable bonds is 5. The van der Waals surface area contributed by atoms with Gasteiger partial charge in [0.05, 0.1) is 24.2 Å². The van der Waals surface area contributed by atoms with Crippen molar-refractivity contribution in [3.05, 3.63) is 83.5 Å². The number of benzene rings is 1. The van der Waals surface area contributed by atoms with E-state index in [0.717, 1.165) is 18.7 Å². The molecule has 2 atom stereocenters. The van der Waals surface area contributed by atoms with E-state index in [1.807, 2.05) is 61.6 Å². The molecule has 0 saturated carbocycles. The molecule has 4 heteroatoms. The Labute approximate surface area is 160 Å². The van der Waals surface area contributed by atoms with Gasteiger partial charge in [-0.1, -0.05) is 60.7 Å². The third-order valence-electron chi connectivity index (χ3n) is 4.94. The molecule has 1 fully saturated rings.